The van der Waals surface area contributed by atoms with Gasteiger partial charge in [-0.2, -0.15) is 0 Å². The van der Waals surface area contributed by atoms with Crippen LogP contribution in [0, 0.1) is 0 Å². The van der Waals surface area contributed by atoms with Crippen molar-refractivity contribution in [3.63, 3.8) is 0 Å². The minimum Gasteiger partial charge on any atom is -0.325 e. The molecule has 0 saturated carbocycles. The average Bonchev–Trinajstić information content (AvgIpc) is 3.58. The molecule has 1 aromatic carbocycles. The Labute approximate surface area is 220 Å². The molecule has 0 fully saturated rings. The van der Waals surface area contributed by atoms with Crippen LogP contribution in [-0.2, 0) is 4.79 Å². The van der Waals surface area contributed by atoms with Crippen molar-refractivity contribution < 1.29 is 4.79 Å². The molecule has 3 aromatic rings. The van der Waals surface area contributed by atoms with E-state index in [4.69, 9.17) is 9.98 Å². The van der Waals surface area contributed by atoms with E-state index in [1.54, 1.807) is 17.3 Å². The third-order valence-electron chi connectivity index (χ3n) is 6.73. The number of unbranched alkanes of at least 4 members (excludes halogenated alkanes) is 1. The van der Waals surface area contributed by atoms with Crippen molar-refractivity contribution in [2.24, 2.45) is 4.99 Å². The zero-order valence-corrected chi connectivity index (χ0v) is 22.5. The van der Waals surface area contributed by atoms with Crippen LogP contribution in [0.2, 0.25) is 0 Å². The van der Waals surface area contributed by atoms with Crippen LogP contribution in [0.1, 0.15) is 57.1 Å². The number of benzene rings is 1. The number of rotatable bonds is 7. The minimum absolute atomic E-state index is 0.0850. The van der Waals surface area contributed by atoms with Crippen LogP contribution in [0.4, 0.5) is 5.69 Å². The smallest absolute Gasteiger partial charge is 0.234 e. The number of nitrogens with zero attached hydrogens (tertiary/aromatic N) is 5. The number of aromatic nitrogens is 4. The second-order valence-electron chi connectivity index (χ2n) is 9.00. The number of nitrogens with one attached hydrogen (secondary N) is 1. The standard InChI is InChI=1S/C25H25BrN6OS2/c1-2-3-7-18-16-5-4-6-17(16)20-21-22(35-24(20)29-18)23-30-31-25(32(23)13-27-21)34-12-19(33)28-15-10-8-14(26)9-11-15/h8-11,13,20,24H,2-7,12H2,1H3,(H,28,33). The Hall–Kier alpha value is -2.17. The van der Waals surface area contributed by atoms with Crippen molar-refractivity contribution >= 4 is 62.4 Å². The topological polar surface area (TPSA) is 84.5 Å². The molecular weight excluding hydrogens is 544 g/mol. The molecule has 35 heavy (non-hydrogen) atoms. The quantitative estimate of drug-likeness (QED) is 0.338. The van der Waals surface area contributed by atoms with E-state index in [0.29, 0.717) is 5.16 Å². The van der Waals surface area contributed by atoms with Crippen LogP contribution < -0.4 is 5.32 Å². The molecule has 6 rings (SSSR count). The molecule has 10 heteroatoms. The summed E-state index contributed by atoms with van der Waals surface area (Å²) in [5.41, 5.74) is 7.06. The summed E-state index contributed by atoms with van der Waals surface area (Å²) in [5, 5.41) is 12.6. The van der Waals surface area contributed by atoms with Gasteiger partial charge in [0.15, 0.2) is 10.8 Å². The van der Waals surface area contributed by atoms with Gasteiger partial charge in [-0.1, -0.05) is 58.4 Å². The number of amides is 1. The molecule has 7 nitrogen and oxygen atoms in total. The lowest BCUT2D eigenvalue weighted by Gasteiger charge is -2.26. The molecule has 3 aliphatic rings. The fraction of sp³-hybridized carbons (Fsp3) is 0.400. The minimum atomic E-state index is -0.0850. The molecule has 0 spiro atoms. The van der Waals surface area contributed by atoms with Crippen molar-refractivity contribution in [3.8, 4) is 0 Å². The Morgan fingerprint density at radius 2 is 2.11 bits per heavy atom. The van der Waals surface area contributed by atoms with Crippen LogP contribution in [-0.4, -0.2) is 42.3 Å². The zero-order valence-electron chi connectivity index (χ0n) is 19.3. The number of hydrogen-bond donors (Lipinski definition) is 1. The van der Waals surface area contributed by atoms with Gasteiger partial charge in [-0.25, -0.2) is 4.98 Å². The Kier molecular flexibility index (Phi) is 6.45. The Morgan fingerprint density at radius 1 is 1.26 bits per heavy atom. The summed E-state index contributed by atoms with van der Waals surface area (Å²) in [6.07, 6.45) is 8.78. The van der Waals surface area contributed by atoms with Gasteiger partial charge in [-0.05, 0) is 61.9 Å². The predicted molar refractivity (Wildman–Crippen MR) is 145 cm³/mol. The van der Waals surface area contributed by atoms with E-state index < -0.39 is 0 Å². The highest BCUT2D eigenvalue weighted by Crippen LogP contribution is 2.55. The average molecular weight is 570 g/mol. The lowest BCUT2D eigenvalue weighted by atomic mass is 9.87. The number of hydrogen-bond acceptors (Lipinski definition) is 7. The number of halogens is 1. The summed E-state index contributed by atoms with van der Waals surface area (Å²) in [7, 11) is 0. The molecule has 2 aromatic heterocycles. The van der Waals surface area contributed by atoms with Gasteiger partial charge in [-0.15, -0.1) is 10.2 Å². The number of dihydropyridines is 1. The van der Waals surface area contributed by atoms with Gasteiger partial charge < -0.3 is 5.32 Å². The van der Waals surface area contributed by atoms with Gasteiger partial charge >= 0.3 is 0 Å². The Bertz CT molecular complexity index is 1370. The van der Waals surface area contributed by atoms with Crippen LogP contribution in [0.15, 0.2) is 61.3 Å². The van der Waals surface area contributed by atoms with Gasteiger partial charge in [0.1, 0.15) is 11.7 Å². The number of carbonyl (C=O) groups is 1. The summed E-state index contributed by atoms with van der Waals surface area (Å²) in [5.74, 6) is 0.416. The number of carbonyl (C=O) groups excluding carboxylic acids is 1. The number of fused-ring (bicyclic) bond motifs is 6. The van der Waals surface area contributed by atoms with Crippen LogP contribution in [0.25, 0.3) is 5.65 Å². The van der Waals surface area contributed by atoms with E-state index in [9.17, 15) is 4.79 Å². The largest absolute Gasteiger partial charge is 0.325 e. The highest BCUT2D eigenvalue weighted by molar-refractivity contribution is 9.10. The molecule has 2 unspecified atom stereocenters. The summed E-state index contributed by atoms with van der Waals surface area (Å²) >= 11 is 6.55. The fourth-order valence-electron chi connectivity index (χ4n) is 5.12. The summed E-state index contributed by atoms with van der Waals surface area (Å²) in [6, 6.07) is 7.53. The van der Waals surface area contributed by atoms with Crippen molar-refractivity contribution in [1.82, 2.24) is 19.6 Å². The van der Waals surface area contributed by atoms with Crippen molar-refractivity contribution in [2.75, 3.05) is 11.1 Å². The normalized spacial score (nSPS) is 20.6. The summed E-state index contributed by atoms with van der Waals surface area (Å²) in [6.45, 7) is 2.24. The maximum atomic E-state index is 12.5. The third-order valence-corrected chi connectivity index (χ3v) is 9.44. The van der Waals surface area contributed by atoms with Gasteiger partial charge in [0.2, 0.25) is 5.91 Å². The number of allylic oxidation sites excluding steroid dienone is 1. The highest BCUT2D eigenvalue weighted by atomic mass is 79.9. The van der Waals surface area contributed by atoms with Crippen molar-refractivity contribution in [3.05, 3.63) is 51.9 Å². The molecule has 2 atom stereocenters. The summed E-state index contributed by atoms with van der Waals surface area (Å²) < 4.78 is 2.88. The van der Waals surface area contributed by atoms with E-state index in [0.717, 1.165) is 45.7 Å². The molecule has 180 valence electrons. The SMILES string of the molecule is CCCCC1=NC2Sc3c(ncn4c(SCC(=O)Nc5ccc(Br)cc5)nnc34)C2C2=C1CCC2. The first-order chi connectivity index (χ1) is 17.1. The molecular formula is C25H25BrN6OS2. The van der Waals surface area contributed by atoms with Crippen LogP contribution >= 0.6 is 39.5 Å². The van der Waals surface area contributed by atoms with Crippen molar-refractivity contribution in [2.45, 2.75) is 66.8 Å². The predicted octanol–water partition coefficient (Wildman–Crippen LogP) is 6.26. The zero-order chi connectivity index (χ0) is 23.9. The monoisotopic (exact) mass is 568 g/mol. The Morgan fingerprint density at radius 3 is 2.94 bits per heavy atom. The Balaban J connectivity index is 1.22. The van der Waals surface area contributed by atoms with Gasteiger partial charge in [0.05, 0.1) is 22.3 Å². The maximum Gasteiger partial charge on any atom is 0.234 e. The maximum absolute atomic E-state index is 12.5. The second kappa shape index (κ2) is 9.71. The first kappa shape index (κ1) is 23.2. The number of thioether (sulfide) groups is 2. The van der Waals surface area contributed by atoms with E-state index in [2.05, 4.69) is 38.4 Å². The van der Waals surface area contributed by atoms with Crippen LogP contribution in [0.3, 0.4) is 0 Å². The van der Waals surface area contributed by atoms with Crippen molar-refractivity contribution in [1.29, 1.82) is 0 Å². The van der Waals surface area contributed by atoms with Gasteiger partial charge in [0.25, 0.3) is 0 Å². The lowest BCUT2D eigenvalue weighted by molar-refractivity contribution is -0.113. The van der Waals surface area contributed by atoms with Gasteiger partial charge in [-0.3, -0.25) is 14.2 Å². The third kappa shape index (κ3) is 4.34. The fourth-order valence-corrected chi connectivity index (χ4v) is 7.48. The summed E-state index contributed by atoms with van der Waals surface area (Å²) in [4.78, 5) is 23.7. The first-order valence-electron chi connectivity index (χ1n) is 12.0. The molecule has 0 bridgehead atoms. The first-order valence-corrected chi connectivity index (χ1v) is 14.7. The van der Waals surface area contributed by atoms with E-state index >= 15 is 0 Å². The lowest BCUT2D eigenvalue weighted by Crippen LogP contribution is -2.21. The van der Waals surface area contributed by atoms with E-state index in [1.165, 1.54) is 42.3 Å². The van der Waals surface area contributed by atoms with E-state index in [1.807, 2.05) is 35.0 Å². The molecule has 1 aliphatic carbocycles. The molecule has 0 radical (unpaired) electrons. The molecule has 0 saturated heterocycles. The number of aliphatic imine (C=N–C) groups is 1. The molecule has 1 amide bonds. The molecule has 2 aliphatic heterocycles. The number of anilines is 1. The molecule has 4 heterocycles. The van der Waals surface area contributed by atoms with Gasteiger partial charge in [0, 0.05) is 15.9 Å². The van der Waals surface area contributed by atoms with E-state index in [-0.39, 0.29) is 23.0 Å². The second-order valence-corrected chi connectivity index (χ2v) is 12.0. The highest BCUT2D eigenvalue weighted by Gasteiger charge is 2.44. The molecule has 1 N–H and O–H groups in total. The van der Waals surface area contributed by atoms with Crippen LogP contribution in [0.5, 0.6) is 0 Å².